The lowest BCUT2D eigenvalue weighted by molar-refractivity contribution is -0.162. The van der Waals surface area contributed by atoms with Crippen LogP contribution in [0, 0.1) is 17.8 Å². The van der Waals surface area contributed by atoms with Crippen LogP contribution in [0.5, 0.6) is 5.75 Å². The highest BCUT2D eigenvalue weighted by atomic mass is 16.6. The lowest BCUT2D eigenvalue weighted by atomic mass is 9.62. The number of hydrogen-bond acceptors (Lipinski definition) is 7. The van der Waals surface area contributed by atoms with Crippen molar-refractivity contribution in [3.8, 4) is 5.75 Å². The highest BCUT2D eigenvalue weighted by Gasteiger charge is 2.80. The number of ether oxygens (including phenoxy) is 3. The molecular weight excluding hydrogens is 584 g/mol. The van der Waals surface area contributed by atoms with E-state index in [0.29, 0.717) is 30.7 Å². The van der Waals surface area contributed by atoms with Crippen LogP contribution in [0.4, 0.5) is 5.69 Å². The summed E-state index contributed by atoms with van der Waals surface area (Å²) < 4.78 is 18.0. The second kappa shape index (κ2) is 13.8. The highest BCUT2D eigenvalue weighted by molar-refractivity contribution is 6.05. The van der Waals surface area contributed by atoms with Crippen LogP contribution in [-0.4, -0.2) is 77.9 Å². The molecule has 2 aromatic rings. The number of amides is 2. The highest BCUT2D eigenvalue weighted by Crippen LogP contribution is 2.65. The third-order valence-corrected chi connectivity index (χ3v) is 10.2. The summed E-state index contributed by atoms with van der Waals surface area (Å²) in [7, 11) is 1.57. The molecule has 246 valence electrons. The lowest BCUT2D eigenvalue weighted by Gasteiger charge is -2.39. The summed E-state index contributed by atoms with van der Waals surface area (Å²) in [4.78, 5) is 46.7. The molecule has 5 rings (SSSR count). The molecule has 46 heavy (non-hydrogen) atoms. The number of hydrogen-bond donors (Lipinski definition) is 1. The maximum Gasteiger partial charge on any atom is 0.312 e. The van der Waals surface area contributed by atoms with E-state index in [2.05, 4.69) is 13.2 Å². The van der Waals surface area contributed by atoms with E-state index in [4.69, 9.17) is 14.2 Å². The fourth-order valence-corrected chi connectivity index (χ4v) is 7.86. The number of aliphatic hydroxyl groups is 1. The number of methoxy groups -OCH3 is 1. The standard InChI is InChI=1S/C37H46N2O7/c1-6-8-9-13-21-45-35(43)31-30-33(41)39(28(24-40)22-26-14-11-10-12-15-26)32(37(30)23-25(3)36(31,4)46-37)34(42)38(20-7-2)27-16-18-29(44-5)19-17-27/h6-7,10-12,14-19,25,28,30-32,40H,1-2,8-9,13,20-24H2,3-5H3/t25?,28-,30+,31+,32?,36-,37?/m1/s1. The molecule has 2 bridgehead atoms. The molecule has 3 unspecified atom stereocenters. The van der Waals surface area contributed by atoms with Crippen LogP contribution in [0.2, 0.25) is 0 Å². The fraction of sp³-hybridized carbons (Fsp3) is 0.486. The molecule has 2 aromatic carbocycles. The van der Waals surface area contributed by atoms with Gasteiger partial charge < -0.3 is 29.1 Å². The Morgan fingerprint density at radius 2 is 1.85 bits per heavy atom. The minimum atomic E-state index is -1.29. The molecule has 0 aromatic heterocycles. The number of aliphatic hydroxyl groups excluding tert-OH is 1. The summed E-state index contributed by atoms with van der Waals surface area (Å²) in [5.41, 5.74) is -0.774. The van der Waals surface area contributed by atoms with Gasteiger partial charge in [0.15, 0.2) is 0 Å². The van der Waals surface area contributed by atoms with Crippen molar-refractivity contribution in [2.45, 2.75) is 69.2 Å². The van der Waals surface area contributed by atoms with E-state index < -0.39 is 41.1 Å². The number of carbonyl (C=O) groups excluding carboxylic acids is 3. The first-order valence-corrected chi connectivity index (χ1v) is 16.2. The Labute approximate surface area is 271 Å². The molecule has 7 atom stereocenters. The summed E-state index contributed by atoms with van der Waals surface area (Å²) in [6.45, 7) is 11.5. The van der Waals surface area contributed by atoms with Gasteiger partial charge in [0.25, 0.3) is 5.91 Å². The topological polar surface area (TPSA) is 106 Å². The maximum atomic E-state index is 15.0. The number of carbonyl (C=O) groups is 3. The molecule has 1 N–H and O–H groups in total. The maximum absolute atomic E-state index is 15.0. The van der Waals surface area contributed by atoms with Crippen LogP contribution in [0.25, 0.3) is 0 Å². The van der Waals surface area contributed by atoms with Gasteiger partial charge in [-0.05, 0) is 74.8 Å². The SMILES string of the molecule is C=CCCCCOC(=O)[C@@H]1[C@H]2C(=O)N([C@@H](CO)Cc3ccccc3)C(C(=O)N(CC=C)c3ccc(OC)cc3)C23CC(C)[C@@]1(C)O3. The molecule has 0 saturated carbocycles. The predicted octanol–water partition coefficient (Wildman–Crippen LogP) is 4.73. The molecule has 3 aliphatic heterocycles. The molecule has 2 amide bonds. The molecule has 3 saturated heterocycles. The van der Waals surface area contributed by atoms with E-state index in [1.165, 1.54) is 4.90 Å². The Kier molecular flexibility index (Phi) is 10.0. The first-order chi connectivity index (χ1) is 22.2. The zero-order chi connectivity index (χ0) is 33.1. The summed E-state index contributed by atoms with van der Waals surface area (Å²) in [6.07, 6.45) is 6.53. The molecule has 9 heteroatoms. The van der Waals surface area contributed by atoms with Crippen LogP contribution in [0.3, 0.4) is 0 Å². The summed E-state index contributed by atoms with van der Waals surface area (Å²) in [5, 5.41) is 10.8. The molecule has 1 spiro atoms. The third kappa shape index (κ3) is 5.75. The second-order valence-corrected chi connectivity index (χ2v) is 12.9. The number of nitrogens with zero attached hydrogens (tertiary/aromatic N) is 2. The van der Waals surface area contributed by atoms with Crippen LogP contribution >= 0.6 is 0 Å². The van der Waals surface area contributed by atoms with E-state index in [0.717, 1.165) is 18.4 Å². The van der Waals surface area contributed by atoms with Crippen molar-refractivity contribution in [2.24, 2.45) is 17.8 Å². The van der Waals surface area contributed by atoms with Crippen molar-refractivity contribution in [2.75, 3.05) is 31.8 Å². The van der Waals surface area contributed by atoms with Gasteiger partial charge in [-0.2, -0.15) is 0 Å². The van der Waals surface area contributed by atoms with Gasteiger partial charge in [0.05, 0.1) is 37.9 Å². The van der Waals surface area contributed by atoms with Gasteiger partial charge in [0, 0.05) is 12.2 Å². The quantitative estimate of drug-likeness (QED) is 0.172. The summed E-state index contributed by atoms with van der Waals surface area (Å²) >= 11 is 0. The summed E-state index contributed by atoms with van der Waals surface area (Å²) in [5.74, 6) is -2.54. The van der Waals surface area contributed by atoms with E-state index in [-0.39, 0.29) is 37.5 Å². The number of fused-ring (bicyclic) bond motifs is 1. The molecule has 3 aliphatic rings. The minimum Gasteiger partial charge on any atom is -0.497 e. The van der Waals surface area contributed by atoms with Gasteiger partial charge in [-0.1, -0.05) is 49.4 Å². The van der Waals surface area contributed by atoms with Gasteiger partial charge >= 0.3 is 5.97 Å². The number of allylic oxidation sites excluding steroid dienone is 1. The van der Waals surface area contributed by atoms with Crippen LogP contribution in [0.1, 0.15) is 45.1 Å². The van der Waals surface area contributed by atoms with Crippen LogP contribution < -0.4 is 9.64 Å². The van der Waals surface area contributed by atoms with Gasteiger partial charge in [-0.25, -0.2) is 0 Å². The Bertz CT molecular complexity index is 1430. The normalized spacial score (nSPS) is 28.4. The minimum absolute atomic E-state index is 0.138. The smallest absolute Gasteiger partial charge is 0.312 e. The Morgan fingerprint density at radius 3 is 2.48 bits per heavy atom. The molecular formula is C37H46N2O7. The zero-order valence-corrected chi connectivity index (χ0v) is 27.1. The largest absolute Gasteiger partial charge is 0.497 e. The van der Waals surface area contributed by atoms with E-state index in [1.807, 2.05) is 50.3 Å². The van der Waals surface area contributed by atoms with Crippen LogP contribution in [-0.2, 0) is 30.3 Å². The second-order valence-electron chi connectivity index (χ2n) is 12.9. The van der Waals surface area contributed by atoms with Gasteiger partial charge in [0.1, 0.15) is 23.3 Å². The zero-order valence-electron chi connectivity index (χ0n) is 27.1. The molecule has 9 nitrogen and oxygen atoms in total. The van der Waals surface area contributed by atoms with Gasteiger partial charge in [0.2, 0.25) is 5.91 Å². The molecule has 0 radical (unpaired) electrons. The monoisotopic (exact) mass is 630 g/mol. The number of anilines is 1. The van der Waals surface area contributed by atoms with Crippen molar-refractivity contribution in [1.82, 2.24) is 4.90 Å². The number of esters is 1. The van der Waals surface area contributed by atoms with Crippen molar-refractivity contribution >= 4 is 23.5 Å². The Morgan fingerprint density at radius 1 is 1.13 bits per heavy atom. The Balaban J connectivity index is 1.58. The first kappa shape index (κ1) is 33.4. The van der Waals surface area contributed by atoms with Crippen LogP contribution in [0.15, 0.2) is 79.9 Å². The average Bonchev–Trinajstić information content (AvgIpc) is 3.58. The van der Waals surface area contributed by atoms with E-state index in [9.17, 15) is 19.5 Å². The summed E-state index contributed by atoms with van der Waals surface area (Å²) in [6, 6.07) is 14.8. The lowest BCUT2D eigenvalue weighted by Crippen LogP contribution is -2.59. The van der Waals surface area contributed by atoms with Crippen molar-refractivity contribution in [1.29, 1.82) is 0 Å². The van der Waals surface area contributed by atoms with Crippen molar-refractivity contribution < 1.29 is 33.7 Å². The number of unbranched alkanes of at least 4 members (excludes halogenated alkanes) is 2. The van der Waals surface area contributed by atoms with Gasteiger partial charge in [-0.15, -0.1) is 13.2 Å². The number of benzene rings is 2. The van der Waals surface area contributed by atoms with Crippen molar-refractivity contribution in [3.05, 3.63) is 85.5 Å². The molecule has 3 fully saturated rings. The van der Waals surface area contributed by atoms with Crippen molar-refractivity contribution in [3.63, 3.8) is 0 Å². The van der Waals surface area contributed by atoms with E-state index >= 15 is 0 Å². The predicted molar refractivity (Wildman–Crippen MR) is 175 cm³/mol. The number of rotatable bonds is 15. The van der Waals surface area contributed by atoms with E-state index in [1.54, 1.807) is 42.4 Å². The molecule has 0 aliphatic carbocycles. The number of likely N-dealkylation sites (tertiary alicyclic amines) is 1. The first-order valence-electron chi connectivity index (χ1n) is 16.2. The van der Waals surface area contributed by atoms with Gasteiger partial charge in [-0.3, -0.25) is 14.4 Å². The Hall–Kier alpha value is -3.95. The third-order valence-electron chi connectivity index (χ3n) is 10.2. The average molecular weight is 631 g/mol. The molecule has 3 heterocycles. The fourth-order valence-electron chi connectivity index (χ4n) is 7.86.